The van der Waals surface area contributed by atoms with E-state index >= 15 is 0 Å². The first kappa shape index (κ1) is 18.9. The number of anilines is 1. The first-order valence-corrected chi connectivity index (χ1v) is 8.10. The number of esters is 1. The Bertz CT molecular complexity index is 617. The molecule has 25 heavy (non-hydrogen) atoms. The van der Waals surface area contributed by atoms with Crippen molar-refractivity contribution in [2.75, 3.05) is 25.5 Å². The maximum Gasteiger partial charge on any atom is 0.325 e. The molecule has 0 radical (unpaired) electrons. The summed E-state index contributed by atoms with van der Waals surface area (Å²) >= 11 is 0. The van der Waals surface area contributed by atoms with Crippen LogP contribution in [0.5, 0.6) is 0 Å². The van der Waals surface area contributed by atoms with Gasteiger partial charge in [-0.3, -0.25) is 14.4 Å². The van der Waals surface area contributed by atoms with Crippen LogP contribution in [0.2, 0.25) is 0 Å². The van der Waals surface area contributed by atoms with Crippen LogP contribution in [-0.2, 0) is 30.3 Å². The molecule has 8 nitrogen and oxygen atoms in total. The van der Waals surface area contributed by atoms with Gasteiger partial charge in [-0.05, 0) is 30.5 Å². The van der Waals surface area contributed by atoms with E-state index in [1.807, 2.05) is 0 Å². The van der Waals surface area contributed by atoms with Crippen LogP contribution in [0.3, 0.4) is 0 Å². The highest BCUT2D eigenvalue weighted by Gasteiger charge is 2.29. The number of methoxy groups -OCH3 is 1. The van der Waals surface area contributed by atoms with Crippen molar-refractivity contribution >= 4 is 23.5 Å². The maximum absolute atomic E-state index is 12.1. The van der Waals surface area contributed by atoms with Gasteiger partial charge >= 0.3 is 5.97 Å². The number of ether oxygens (including phenoxy) is 2. The van der Waals surface area contributed by atoms with Gasteiger partial charge in [-0.2, -0.15) is 0 Å². The van der Waals surface area contributed by atoms with Crippen LogP contribution in [0, 0.1) is 0 Å². The predicted molar refractivity (Wildman–Crippen MR) is 90.8 cm³/mol. The summed E-state index contributed by atoms with van der Waals surface area (Å²) in [5.74, 6) is -0.980. The number of carbonyl (C=O) groups excluding carboxylic acids is 3. The quantitative estimate of drug-likeness (QED) is 0.594. The fraction of sp³-hybridized carbons (Fsp3) is 0.471. The number of hydrogen-bond donors (Lipinski definition) is 3. The van der Waals surface area contributed by atoms with Crippen molar-refractivity contribution in [3.8, 4) is 0 Å². The molecule has 1 fully saturated rings. The Morgan fingerprint density at radius 2 is 1.96 bits per heavy atom. The molecule has 2 amide bonds. The topological polar surface area (TPSA) is 120 Å². The molecule has 1 aliphatic heterocycles. The van der Waals surface area contributed by atoms with E-state index in [2.05, 4.69) is 15.4 Å². The number of carbonyl (C=O) groups is 3. The summed E-state index contributed by atoms with van der Waals surface area (Å²) in [4.78, 5) is 34.8. The largest absolute Gasteiger partial charge is 0.468 e. The van der Waals surface area contributed by atoms with E-state index in [4.69, 9.17) is 10.5 Å². The average Bonchev–Trinajstić information content (AvgIpc) is 3.10. The van der Waals surface area contributed by atoms with Crippen molar-refractivity contribution in [2.45, 2.75) is 31.5 Å². The molecule has 8 heteroatoms. The summed E-state index contributed by atoms with van der Waals surface area (Å²) in [6, 6.07) is 6.92. The molecule has 4 N–H and O–H groups in total. The summed E-state index contributed by atoms with van der Waals surface area (Å²) < 4.78 is 10.00. The minimum Gasteiger partial charge on any atom is -0.468 e. The minimum absolute atomic E-state index is 0.0540. The van der Waals surface area contributed by atoms with Crippen molar-refractivity contribution in [3.05, 3.63) is 29.8 Å². The predicted octanol–water partition coefficient (Wildman–Crippen LogP) is -0.0369. The highest BCUT2D eigenvalue weighted by molar-refractivity contribution is 5.94. The average molecular weight is 349 g/mol. The molecule has 1 aromatic rings. The molecule has 1 heterocycles. The molecule has 0 spiro atoms. The van der Waals surface area contributed by atoms with E-state index in [9.17, 15) is 14.4 Å². The Kier molecular flexibility index (Phi) is 6.91. The molecular formula is C17H23N3O5. The SMILES string of the molecule is COC(=O)CNC(=O)Cc1ccc(NC(=O)[C@@H]2CC[C@H](CN)O2)cc1. The molecule has 0 aromatic heterocycles. The van der Waals surface area contributed by atoms with Gasteiger partial charge in [0.1, 0.15) is 12.6 Å². The molecule has 0 unspecified atom stereocenters. The second-order valence-electron chi connectivity index (χ2n) is 5.78. The third kappa shape index (κ3) is 5.84. The van der Waals surface area contributed by atoms with E-state index in [-0.39, 0.29) is 30.9 Å². The van der Waals surface area contributed by atoms with Gasteiger partial charge in [-0.25, -0.2) is 0 Å². The molecule has 0 saturated carbocycles. The fourth-order valence-corrected chi connectivity index (χ4v) is 2.49. The van der Waals surface area contributed by atoms with Gasteiger partial charge < -0.3 is 25.8 Å². The third-order valence-electron chi connectivity index (χ3n) is 3.91. The van der Waals surface area contributed by atoms with Gasteiger partial charge in [-0.1, -0.05) is 12.1 Å². The summed E-state index contributed by atoms with van der Waals surface area (Å²) in [7, 11) is 1.26. The molecule has 136 valence electrons. The van der Waals surface area contributed by atoms with Crippen LogP contribution in [-0.4, -0.2) is 50.2 Å². The minimum atomic E-state index is -0.502. The van der Waals surface area contributed by atoms with E-state index in [0.29, 0.717) is 18.7 Å². The normalized spacial score (nSPS) is 19.3. The molecular weight excluding hydrogens is 326 g/mol. The second-order valence-corrected chi connectivity index (χ2v) is 5.78. The highest BCUT2D eigenvalue weighted by atomic mass is 16.5. The van der Waals surface area contributed by atoms with Crippen molar-refractivity contribution in [3.63, 3.8) is 0 Å². The lowest BCUT2D eigenvalue weighted by Gasteiger charge is -2.13. The Hall–Kier alpha value is -2.45. The standard InChI is InChI=1S/C17H23N3O5/c1-24-16(22)10-19-15(21)8-11-2-4-12(5-3-11)20-17(23)14-7-6-13(9-18)25-14/h2-5,13-14H,6-10,18H2,1H3,(H,19,21)(H,20,23)/t13-,14+/m1/s1. The summed E-state index contributed by atoms with van der Waals surface area (Å²) in [6.45, 7) is 0.255. The summed E-state index contributed by atoms with van der Waals surface area (Å²) in [6.07, 6.45) is 1.05. The molecule has 1 aromatic carbocycles. The van der Waals surface area contributed by atoms with Crippen molar-refractivity contribution in [1.29, 1.82) is 0 Å². The van der Waals surface area contributed by atoms with Gasteiger partial charge in [0.15, 0.2) is 0 Å². The zero-order chi connectivity index (χ0) is 18.2. The van der Waals surface area contributed by atoms with Gasteiger partial charge in [-0.15, -0.1) is 0 Å². The lowest BCUT2D eigenvalue weighted by atomic mass is 10.1. The third-order valence-corrected chi connectivity index (χ3v) is 3.91. The molecule has 2 rings (SSSR count). The van der Waals surface area contributed by atoms with Crippen molar-refractivity contribution in [2.24, 2.45) is 5.73 Å². The zero-order valence-electron chi connectivity index (χ0n) is 14.1. The van der Waals surface area contributed by atoms with Gasteiger partial charge in [0, 0.05) is 12.2 Å². The Balaban J connectivity index is 1.80. The Morgan fingerprint density at radius 1 is 1.24 bits per heavy atom. The molecule has 1 aliphatic rings. The van der Waals surface area contributed by atoms with E-state index in [1.165, 1.54) is 7.11 Å². The maximum atomic E-state index is 12.1. The second kappa shape index (κ2) is 9.14. The summed E-state index contributed by atoms with van der Waals surface area (Å²) in [5, 5.41) is 5.26. The van der Waals surface area contributed by atoms with Crippen LogP contribution < -0.4 is 16.4 Å². The van der Waals surface area contributed by atoms with Crippen LogP contribution in [0.1, 0.15) is 18.4 Å². The molecule has 0 aliphatic carbocycles. The molecule has 2 atom stereocenters. The number of nitrogens with one attached hydrogen (secondary N) is 2. The summed E-state index contributed by atoms with van der Waals surface area (Å²) in [5.41, 5.74) is 6.93. The molecule has 0 bridgehead atoms. The van der Waals surface area contributed by atoms with Crippen molar-refractivity contribution < 1.29 is 23.9 Å². The number of nitrogens with two attached hydrogens (primary N) is 1. The van der Waals surface area contributed by atoms with E-state index in [0.717, 1.165) is 12.0 Å². The molecule has 1 saturated heterocycles. The van der Waals surface area contributed by atoms with Crippen LogP contribution in [0.4, 0.5) is 5.69 Å². The highest BCUT2D eigenvalue weighted by Crippen LogP contribution is 2.20. The van der Waals surface area contributed by atoms with Crippen LogP contribution in [0.15, 0.2) is 24.3 Å². The monoisotopic (exact) mass is 349 g/mol. The number of hydrogen-bond acceptors (Lipinski definition) is 6. The fourth-order valence-electron chi connectivity index (χ4n) is 2.49. The van der Waals surface area contributed by atoms with Gasteiger partial charge in [0.25, 0.3) is 5.91 Å². The first-order chi connectivity index (χ1) is 12.0. The lowest BCUT2D eigenvalue weighted by molar-refractivity contribution is -0.141. The van der Waals surface area contributed by atoms with E-state index in [1.54, 1.807) is 24.3 Å². The van der Waals surface area contributed by atoms with Crippen LogP contribution in [0.25, 0.3) is 0 Å². The Morgan fingerprint density at radius 3 is 2.56 bits per heavy atom. The smallest absolute Gasteiger partial charge is 0.325 e. The first-order valence-electron chi connectivity index (χ1n) is 8.10. The van der Waals surface area contributed by atoms with Gasteiger partial charge in [0.05, 0.1) is 19.6 Å². The lowest BCUT2D eigenvalue weighted by Crippen LogP contribution is -2.31. The Labute approximate surface area is 146 Å². The van der Waals surface area contributed by atoms with Crippen LogP contribution >= 0.6 is 0 Å². The van der Waals surface area contributed by atoms with Gasteiger partial charge in [0.2, 0.25) is 5.91 Å². The zero-order valence-corrected chi connectivity index (χ0v) is 14.1. The number of benzene rings is 1. The van der Waals surface area contributed by atoms with E-state index < -0.39 is 12.1 Å². The number of rotatable bonds is 7. The number of amides is 2. The van der Waals surface area contributed by atoms with Crippen molar-refractivity contribution in [1.82, 2.24) is 5.32 Å².